The van der Waals surface area contributed by atoms with E-state index in [0.29, 0.717) is 11.8 Å². The molecule has 0 radical (unpaired) electrons. The number of nitrogens with zero attached hydrogens (tertiary/aromatic N) is 4. The van der Waals surface area contributed by atoms with Gasteiger partial charge >= 0.3 is 0 Å². The molecule has 0 unspecified atom stereocenters. The van der Waals surface area contributed by atoms with Crippen LogP contribution in [-0.2, 0) is 12.0 Å². The molecule has 26 heavy (non-hydrogen) atoms. The lowest BCUT2D eigenvalue weighted by Crippen LogP contribution is -2.52. The quantitative estimate of drug-likeness (QED) is 0.825. The second-order valence-electron chi connectivity index (χ2n) is 8.57. The lowest BCUT2D eigenvalue weighted by Gasteiger charge is -2.42. The molecular weight excluding hydrogens is 324 g/mol. The highest BCUT2D eigenvalue weighted by Crippen LogP contribution is 2.44. The second-order valence-corrected chi connectivity index (χ2v) is 8.57. The molecule has 2 fully saturated rings. The van der Waals surface area contributed by atoms with Gasteiger partial charge in [0.25, 0.3) is 0 Å². The smallest absolute Gasteiger partial charge is 0.235 e. The minimum atomic E-state index is -0.0246. The Morgan fingerprint density at radius 3 is 2.65 bits per heavy atom. The summed E-state index contributed by atoms with van der Waals surface area (Å²) in [6, 6.07) is 10.8. The minimum Gasteiger partial charge on any atom is -0.339 e. The van der Waals surface area contributed by atoms with Crippen molar-refractivity contribution in [3.63, 3.8) is 0 Å². The highest BCUT2D eigenvalue weighted by Gasteiger charge is 2.54. The molecule has 1 aromatic heterocycles. The van der Waals surface area contributed by atoms with Gasteiger partial charge in [-0.1, -0.05) is 49.3 Å². The monoisotopic (exact) mass is 354 g/mol. The van der Waals surface area contributed by atoms with Crippen molar-refractivity contribution in [2.24, 2.45) is 11.8 Å². The molecule has 2 aliphatic heterocycles. The van der Waals surface area contributed by atoms with Crippen LogP contribution in [-0.4, -0.2) is 52.7 Å². The van der Waals surface area contributed by atoms with Gasteiger partial charge in [-0.3, -0.25) is 4.90 Å². The van der Waals surface area contributed by atoms with Crippen LogP contribution in [0, 0.1) is 18.8 Å². The lowest BCUT2D eigenvalue weighted by atomic mass is 9.73. The maximum atomic E-state index is 5.75. The Morgan fingerprint density at radius 1 is 1.19 bits per heavy atom. The fourth-order valence-corrected chi connectivity index (χ4v) is 4.89. The highest BCUT2D eigenvalue weighted by molar-refractivity contribution is 5.20. The van der Waals surface area contributed by atoms with Gasteiger partial charge in [0.05, 0.1) is 5.41 Å². The molecule has 4 rings (SSSR count). The third kappa shape index (κ3) is 3.42. The molecule has 2 atom stereocenters. The lowest BCUT2D eigenvalue weighted by molar-refractivity contribution is 0.0844. The van der Waals surface area contributed by atoms with Crippen molar-refractivity contribution in [2.75, 3.05) is 32.7 Å². The third-order valence-corrected chi connectivity index (χ3v) is 5.89. The summed E-state index contributed by atoms with van der Waals surface area (Å²) in [5, 5.41) is 4.12. The zero-order valence-corrected chi connectivity index (χ0v) is 16.2. The van der Waals surface area contributed by atoms with Gasteiger partial charge in [0.15, 0.2) is 5.82 Å². The van der Waals surface area contributed by atoms with E-state index in [9.17, 15) is 0 Å². The van der Waals surface area contributed by atoms with Gasteiger partial charge in [-0.05, 0) is 37.3 Å². The molecular formula is C21H30N4O. The Labute approximate surface area is 156 Å². The number of hydrogen-bond donors (Lipinski definition) is 0. The van der Waals surface area contributed by atoms with Gasteiger partial charge in [0, 0.05) is 32.7 Å². The van der Waals surface area contributed by atoms with Crippen LogP contribution in [0.3, 0.4) is 0 Å². The molecule has 0 aliphatic carbocycles. The molecule has 2 saturated heterocycles. The van der Waals surface area contributed by atoms with Crippen LogP contribution in [0.5, 0.6) is 0 Å². The average Bonchev–Trinajstić information content (AvgIpc) is 3.19. The molecule has 5 heteroatoms. The standard InChI is InChI=1S/C21H30N4O/c1-16(2)11-24-10-9-19-13-25(12-18-7-5-4-6-8-18)15-21(19,14-24)20-22-17(3)23-26-20/h4-8,16,19H,9-15H2,1-3H3/t19-,21-/m0/s1. The topological polar surface area (TPSA) is 45.4 Å². The molecule has 0 spiro atoms. The van der Waals surface area contributed by atoms with E-state index in [1.165, 1.54) is 18.5 Å². The first-order valence-electron chi connectivity index (χ1n) is 9.84. The maximum Gasteiger partial charge on any atom is 0.235 e. The van der Waals surface area contributed by atoms with E-state index in [1.54, 1.807) is 0 Å². The van der Waals surface area contributed by atoms with Crippen molar-refractivity contribution < 1.29 is 4.52 Å². The first kappa shape index (κ1) is 17.7. The van der Waals surface area contributed by atoms with Crippen molar-refractivity contribution in [1.82, 2.24) is 19.9 Å². The maximum absolute atomic E-state index is 5.75. The van der Waals surface area contributed by atoms with Gasteiger partial charge in [-0.15, -0.1) is 0 Å². The predicted octanol–water partition coefficient (Wildman–Crippen LogP) is 3.11. The summed E-state index contributed by atoms with van der Waals surface area (Å²) in [6.07, 6.45) is 1.21. The van der Waals surface area contributed by atoms with E-state index in [0.717, 1.165) is 44.4 Å². The van der Waals surface area contributed by atoms with Crippen molar-refractivity contribution >= 4 is 0 Å². The number of likely N-dealkylation sites (tertiary alicyclic amines) is 2. The Balaban J connectivity index is 1.59. The van der Waals surface area contributed by atoms with Crippen molar-refractivity contribution in [3.8, 4) is 0 Å². The Bertz CT molecular complexity index is 729. The molecule has 0 amide bonds. The number of rotatable bonds is 5. The number of benzene rings is 1. The summed E-state index contributed by atoms with van der Waals surface area (Å²) in [5.41, 5.74) is 1.35. The first-order valence-corrected chi connectivity index (χ1v) is 9.84. The normalized spacial score (nSPS) is 27.2. The molecule has 2 aromatic rings. The van der Waals surface area contributed by atoms with E-state index >= 15 is 0 Å². The molecule has 0 N–H and O–H groups in total. The zero-order valence-electron chi connectivity index (χ0n) is 16.2. The fourth-order valence-electron chi connectivity index (χ4n) is 4.89. The van der Waals surface area contributed by atoms with E-state index < -0.39 is 0 Å². The van der Waals surface area contributed by atoms with Gasteiger partial charge in [0.2, 0.25) is 5.89 Å². The summed E-state index contributed by atoms with van der Waals surface area (Å²) in [5.74, 6) is 2.86. The van der Waals surface area contributed by atoms with E-state index in [4.69, 9.17) is 9.51 Å². The first-order chi connectivity index (χ1) is 12.5. The number of aryl methyl sites for hydroxylation is 1. The van der Waals surface area contributed by atoms with Crippen molar-refractivity contribution in [3.05, 3.63) is 47.6 Å². The van der Waals surface area contributed by atoms with Gasteiger partial charge in [0.1, 0.15) is 0 Å². The summed E-state index contributed by atoms with van der Waals surface area (Å²) in [6.45, 7) is 13.0. The number of piperidine rings is 1. The van der Waals surface area contributed by atoms with Crippen LogP contribution < -0.4 is 0 Å². The number of aromatic nitrogens is 2. The van der Waals surface area contributed by atoms with Crippen LogP contribution in [0.4, 0.5) is 0 Å². The Hall–Kier alpha value is -1.72. The molecule has 140 valence electrons. The molecule has 1 aromatic carbocycles. The molecule has 0 bridgehead atoms. The molecule has 2 aliphatic rings. The van der Waals surface area contributed by atoms with Crippen LogP contribution >= 0.6 is 0 Å². The fraction of sp³-hybridized carbons (Fsp3) is 0.619. The van der Waals surface area contributed by atoms with Crippen LogP contribution in [0.1, 0.15) is 37.5 Å². The van der Waals surface area contributed by atoms with Gasteiger partial charge in [-0.25, -0.2) is 0 Å². The number of fused-ring (bicyclic) bond motifs is 1. The predicted molar refractivity (Wildman–Crippen MR) is 102 cm³/mol. The summed E-state index contributed by atoms with van der Waals surface area (Å²) in [4.78, 5) is 9.88. The molecule has 3 heterocycles. The van der Waals surface area contributed by atoms with Crippen LogP contribution in [0.2, 0.25) is 0 Å². The van der Waals surface area contributed by atoms with Crippen LogP contribution in [0.25, 0.3) is 0 Å². The third-order valence-electron chi connectivity index (χ3n) is 5.89. The van der Waals surface area contributed by atoms with Crippen LogP contribution in [0.15, 0.2) is 34.9 Å². The average molecular weight is 354 g/mol. The summed E-state index contributed by atoms with van der Waals surface area (Å²) >= 11 is 0. The second kappa shape index (κ2) is 7.12. The minimum absolute atomic E-state index is 0.0246. The highest BCUT2D eigenvalue weighted by atomic mass is 16.5. The Morgan fingerprint density at radius 2 is 1.96 bits per heavy atom. The van der Waals surface area contributed by atoms with Gasteiger partial charge < -0.3 is 9.42 Å². The van der Waals surface area contributed by atoms with Crippen molar-refractivity contribution in [2.45, 2.75) is 39.2 Å². The Kier molecular flexibility index (Phi) is 4.84. The molecule has 0 saturated carbocycles. The van der Waals surface area contributed by atoms with Crippen molar-refractivity contribution in [1.29, 1.82) is 0 Å². The SMILES string of the molecule is Cc1noc([C@]23CN(CC(C)C)CC[C@H]2CN(Cc2ccccc2)C3)n1. The zero-order chi connectivity index (χ0) is 18.1. The van der Waals surface area contributed by atoms with E-state index in [-0.39, 0.29) is 5.41 Å². The van der Waals surface area contributed by atoms with E-state index in [2.05, 4.69) is 59.1 Å². The number of hydrogen-bond acceptors (Lipinski definition) is 5. The summed E-state index contributed by atoms with van der Waals surface area (Å²) in [7, 11) is 0. The summed E-state index contributed by atoms with van der Waals surface area (Å²) < 4.78 is 5.75. The molecule has 5 nitrogen and oxygen atoms in total. The van der Waals surface area contributed by atoms with E-state index in [1.807, 2.05) is 6.92 Å². The van der Waals surface area contributed by atoms with Gasteiger partial charge in [-0.2, -0.15) is 4.98 Å². The largest absolute Gasteiger partial charge is 0.339 e.